The summed E-state index contributed by atoms with van der Waals surface area (Å²) in [5.41, 5.74) is 1.07. The van der Waals surface area contributed by atoms with E-state index in [2.05, 4.69) is 20.3 Å². The quantitative estimate of drug-likeness (QED) is 0.726. The molecule has 76 valence electrons. The lowest BCUT2D eigenvalue weighted by molar-refractivity contribution is 0.953. The number of rotatable bonds is 1. The molecule has 0 aliphatic carbocycles. The third-order valence-electron chi connectivity index (χ3n) is 1.67. The smallest absolute Gasteiger partial charge is 0.194 e. The van der Waals surface area contributed by atoms with Crippen molar-refractivity contribution in [3.63, 3.8) is 0 Å². The molecule has 0 fully saturated rings. The minimum atomic E-state index is 0.693. The molecule has 2 rings (SSSR count). The van der Waals surface area contributed by atoms with Gasteiger partial charge in [-0.1, -0.05) is 13.8 Å². The Morgan fingerprint density at radius 2 is 1.86 bits per heavy atom. The zero-order valence-electron chi connectivity index (χ0n) is 8.91. The van der Waals surface area contributed by atoms with Crippen LogP contribution in [0.2, 0.25) is 0 Å². The lowest BCUT2D eigenvalue weighted by Crippen LogP contribution is -2.21. The lowest BCUT2D eigenvalue weighted by atomic mass is 10.4. The van der Waals surface area contributed by atoms with E-state index in [0.717, 1.165) is 24.5 Å². The molecule has 1 aliphatic rings. The fourth-order valence-electron chi connectivity index (χ4n) is 1.06. The van der Waals surface area contributed by atoms with E-state index in [1.165, 1.54) is 0 Å². The molecule has 1 aromatic heterocycles. The van der Waals surface area contributed by atoms with Gasteiger partial charge < -0.3 is 5.32 Å². The molecule has 0 saturated carbocycles. The standard InChI is InChI=1S/C8H10N4.C2H6/c1-6-4-11-8(12-5-6)7-9-2-3-10-7;1-2/h4-5H,2-3H2,1H3,(H,9,10);1-2H3. The van der Waals surface area contributed by atoms with Crippen LogP contribution in [0.3, 0.4) is 0 Å². The van der Waals surface area contributed by atoms with Crippen molar-refractivity contribution in [2.24, 2.45) is 4.99 Å². The first-order chi connectivity index (χ1) is 6.86. The topological polar surface area (TPSA) is 50.2 Å². The van der Waals surface area contributed by atoms with Gasteiger partial charge in [0.2, 0.25) is 0 Å². The van der Waals surface area contributed by atoms with Crippen molar-refractivity contribution in [3.05, 3.63) is 23.8 Å². The zero-order chi connectivity index (χ0) is 10.4. The summed E-state index contributed by atoms with van der Waals surface area (Å²) in [6, 6.07) is 0. The largest absolute Gasteiger partial charge is 0.365 e. The van der Waals surface area contributed by atoms with Crippen LogP contribution in [-0.2, 0) is 0 Å². The van der Waals surface area contributed by atoms with Gasteiger partial charge in [-0.3, -0.25) is 4.99 Å². The highest BCUT2D eigenvalue weighted by molar-refractivity contribution is 5.96. The van der Waals surface area contributed by atoms with E-state index in [1.807, 2.05) is 20.8 Å². The van der Waals surface area contributed by atoms with Gasteiger partial charge in [-0.2, -0.15) is 0 Å². The Bertz CT molecular complexity index is 302. The van der Waals surface area contributed by atoms with Crippen LogP contribution in [0, 0.1) is 6.92 Å². The summed E-state index contributed by atoms with van der Waals surface area (Å²) in [5.74, 6) is 1.51. The van der Waals surface area contributed by atoms with Crippen molar-refractivity contribution in [1.82, 2.24) is 15.3 Å². The Hall–Kier alpha value is -1.45. The van der Waals surface area contributed by atoms with Crippen LogP contribution in [0.15, 0.2) is 17.4 Å². The summed E-state index contributed by atoms with van der Waals surface area (Å²) in [4.78, 5) is 12.5. The van der Waals surface area contributed by atoms with Crippen LogP contribution in [0.1, 0.15) is 25.2 Å². The molecule has 0 saturated heterocycles. The van der Waals surface area contributed by atoms with Crippen LogP contribution in [0.25, 0.3) is 0 Å². The van der Waals surface area contributed by atoms with E-state index in [9.17, 15) is 0 Å². The molecule has 1 aromatic rings. The minimum absolute atomic E-state index is 0.693. The first kappa shape index (κ1) is 10.6. The summed E-state index contributed by atoms with van der Waals surface area (Å²) in [6.45, 7) is 7.69. The second kappa shape index (κ2) is 5.32. The average Bonchev–Trinajstić information content (AvgIpc) is 2.75. The molecule has 1 aliphatic heterocycles. The zero-order valence-corrected chi connectivity index (χ0v) is 8.91. The second-order valence-corrected chi connectivity index (χ2v) is 2.74. The van der Waals surface area contributed by atoms with E-state index in [1.54, 1.807) is 12.4 Å². The molecular formula is C10H16N4. The van der Waals surface area contributed by atoms with Crippen LogP contribution >= 0.6 is 0 Å². The van der Waals surface area contributed by atoms with Crippen LogP contribution in [-0.4, -0.2) is 28.9 Å². The van der Waals surface area contributed by atoms with Gasteiger partial charge in [-0.05, 0) is 12.5 Å². The Morgan fingerprint density at radius 3 is 2.36 bits per heavy atom. The number of hydrogen-bond donors (Lipinski definition) is 1. The SMILES string of the molecule is CC.Cc1cnc(C2=NCCN2)nc1. The maximum atomic E-state index is 4.22. The van der Waals surface area contributed by atoms with Gasteiger partial charge in [0.05, 0.1) is 6.54 Å². The summed E-state index contributed by atoms with van der Waals surface area (Å²) < 4.78 is 0. The maximum absolute atomic E-state index is 4.22. The van der Waals surface area contributed by atoms with Gasteiger partial charge in [0, 0.05) is 18.9 Å². The van der Waals surface area contributed by atoms with Gasteiger partial charge in [0.25, 0.3) is 0 Å². The highest BCUT2D eigenvalue weighted by Crippen LogP contribution is 1.97. The molecule has 0 atom stereocenters. The van der Waals surface area contributed by atoms with E-state index < -0.39 is 0 Å². The summed E-state index contributed by atoms with van der Waals surface area (Å²) in [7, 11) is 0. The average molecular weight is 192 g/mol. The fourth-order valence-corrected chi connectivity index (χ4v) is 1.06. The number of aliphatic imine (C=N–C) groups is 1. The summed E-state index contributed by atoms with van der Waals surface area (Å²) >= 11 is 0. The monoisotopic (exact) mass is 192 g/mol. The predicted octanol–water partition coefficient (Wildman–Crippen LogP) is 1.16. The third kappa shape index (κ3) is 2.52. The van der Waals surface area contributed by atoms with Crippen LogP contribution in [0.4, 0.5) is 0 Å². The number of hydrogen-bond acceptors (Lipinski definition) is 4. The van der Waals surface area contributed by atoms with E-state index in [-0.39, 0.29) is 0 Å². The van der Waals surface area contributed by atoms with Crippen LogP contribution in [0.5, 0.6) is 0 Å². The minimum Gasteiger partial charge on any atom is -0.365 e. The molecule has 1 N–H and O–H groups in total. The molecule has 0 amide bonds. The first-order valence-electron chi connectivity index (χ1n) is 4.93. The molecule has 4 nitrogen and oxygen atoms in total. The van der Waals surface area contributed by atoms with Crippen molar-refractivity contribution in [2.75, 3.05) is 13.1 Å². The third-order valence-corrected chi connectivity index (χ3v) is 1.67. The Morgan fingerprint density at radius 1 is 1.21 bits per heavy atom. The van der Waals surface area contributed by atoms with Gasteiger partial charge in [-0.25, -0.2) is 9.97 Å². The Labute approximate surface area is 84.5 Å². The van der Waals surface area contributed by atoms with E-state index in [0.29, 0.717) is 5.82 Å². The molecule has 0 aromatic carbocycles. The number of aryl methyl sites for hydroxylation is 1. The number of nitrogens with zero attached hydrogens (tertiary/aromatic N) is 3. The van der Waals surface area contributed by atoms with Crippen molar-refractivity contribution in [2.45, 2.75) is 20.8 Å². The maximum Gasteiger partial charge on any atom is 0.194 e. The molecule has 2 heterocycles. The molecule has 0 unspecified atom stereocenters. The molecular weight excluding hydrogens is 176 g/mol. The van der Waals surface area contributed by atoms with Gasteiger partial charge >= 0.3 is 0 Å². The predicted molar refractivity (Wildman–Crippen MR) is 57.5 cm³/mol. The lowest BCUT2D eigenvalue weighted by Gasteiger charge is -1.99. The summed E-state index contributed by atoms with van der Waals surface area (Å²) in [6.07, 6.45) is 3.59. The second-order valence-electron chi connectivity index (χ2n) is 2.74. The number of nitrogens with one attached hydrogen (secondary N) is 1. The van der Waals surface area contributed by atoms with Gasteiger partial charge in [0.1, 0.15) is 0 Å². The Kier molecular flexibility index (Phi) is 4.04. The van der Waals surface area contributed by atoms with Crippen molar-refractivity contribution in [3.8, 4) is 0 Å². The van der Waals surface area contributed by atoms with E-state index in [4.69, 9.17) is 0 Å². The van der Waals surface area contributed by atoms with E-state index >= 15 is 0 Å². The van der Waals surface area contributed by atoms with Crippen molar-refractivity contribution >= 4 is 5.84 Å². The fraction of sp³-hybridized carbons (Fsp3) is 0.500. The normalized spacial score (nSPS) is 13.8. The molecule has 14 heavy (non-hydrogen) atoms. The molecule has 0 radical (unpaired) electrons. The van der Waals surface area contributed by atoms with Crippen molar-refractivity contribution < 1.29 is 0 Å². The summed E-state index contributed by atoms with van der Waals surface area (Å²) in [5, 5.41) is 3.12. The molecule has 0 bridgehead atoms. The molecule has 0 spiro atoms. The van der Waals surface area contributed by atoms with Crippen molar-refractivity contribution in [1.29, 1.82) is 0 Å². The first-order valence-corrected chi connectivity index (χ1v) is 4.93. The Balaban J connectivity index is 0.000000461. The van der Waals surface area contributed by atoms with Crippen LogP contribution < -0.4 is 5.32 Å². The highest BCUT2D eigenvalue weighted by Gasteiger charge is 2.09. The number of amidine groups is 1. The molecule has 4 heteroatoms. The number of aromatic nitrogens is 2. The van der Waals surface area contributed by atoms with Gasteiger partial charge in [0.15, 0.2) is 11.7 Å². The van der Waals surface area contributed by atoms with Gasteiger partial charge in [-0.15, -0.1) is 0 Å². The highest BCUT2D eigenvalue weighted by atomic mass is 15.1.